The van der Waals surface area contributed by atoms with Gasteiger partial charge in [0.2, 0.25) is 0 Å². The zero-order chi connectivity index (χ0) is 14.0. The smallest absolute Gasteiger partial charge is 0.256 e. The van der Waals surface area contributed by atoms with E-state index >= 15 is 0 Å². The first kappa shape index (κ1) is 14.0. The molecule has 0 atom stereocenters. The maximum absolute atomic E-state index is 13.1. The molecule has 6 heteroatoms. The lowest BCUT2D eigenvalue weighted by Crippen LogP contribution is -2.13. The van der Waals surface area contributed by atoms with Gasteiger partial charge in [0.05, 0.1) is 16.4 Å². The molecule has 0 fully saturated rings. The number of benzene rings is 1. The second-order valence-electron chi connectivity index (χ2n) is 3.91. The molecular formula is C13H9BrClFN2O. The van der Waals surface area contributed by atoms with Crippen LogP contribution in [-0.4, -0.2) is 10.9 Å². The van der Waals surface area contributed by atoms with Crippen molar-refractivity contribution in [1.29, 1.82) is 0 Å². The third-order valence-corrected chi connectivity index (χ3v) is 3.63. The van der Waals surface area contributed by atoms with Gasteiger partial charge >= 0.3 is 0 Å². The van der Waals surface area contributed by atoms with Crippen molar-refractivity contribution in [1.82, 2.24) is 4.98 Å². The van der Waals surface area contributed by atoms with Crippen LogP contribution in [0.25, 0.3) is 0 Å². The highest BCUT2D eigenvalue weighted by Crippen LogP contribution is 2.23. The molecule has 2 rings (SSSR count). The quantitative estimate of drug-likeness (QED) is 0.831. The summed E-state index contributed by atoms with van der Waals surface area (Å²) in [7, 11) is 0. The Hall–Kier alpha value is -1.46. The van der Waals surface area contributed by atoms with Crippen molar-refractivity contribution in [2.45, 2.75) is 6.92 Å². The highest BCUT2D eigenvalue weighted by atomic mass is 79.9. The van der Waals surface area contributed by atoms with E-state index in [2.05, 4.69) is 26.2 Å². The largest absolute Gasteiger partial charge is 0.321 e. The van der Waals surface area contributed by atoms with Gasteiger partial charge < -0.3 is 5.32 Å². The summed E-state index contributed by atoms with van der Waals surface area (Å²) < 4.78 is 13.7. The molecule has 2 aromatic rings. The van der Waals surface area contributed by atoms with Crippen LogP contribution in [0.1, 0.15) is 15.9 Å². The van der Waals surface area contributed by atoms with Gasteiger partial charge in [0.25, 0.3) is 5.91 Å². The molecule has 0 bridgehead atoms. The Morgan fingerprint density at radius 3 is 2.84 bits per heavy atom. The van der Waals surface area contributed by atoms with Crippen LogP contribution in [0.15, 0.2) is 34.9 Å². The van der Waals surface area contributed by atoms with E-state index < -0.39 is 11.7 Å². The Kier molecular flexibility index (Phi) is 4.17. The van der Waals surface area contributed by atoms with E-state index in [0.29, 0.717) is 20.9 Å². The predicted octanol–water partition coefficient (Wildman–Crippen LogP) is 4.20. The van der Waals surface area contributed by atoms with E-state index in [9.17, 15) is 9.18 Å². The third kappa shape index (κ3) is 3.30. The Morgan fingerprint density at radius 2 is 2.16 bits per heavy atom. The number of nitrogens with zero attached hydrogens (tertiary/aromatic N) is 1. The zero-order valence-electron chi connectivity index (χ0n) is 9.88. The summed E-state index contributed by atoms with van der Waals surface area (Å²) in [6.07, 6.45) is 1.43. The number of nitrogens with one attached hydrogen (secondary N) is 1. The molecule has 1 heterocycles. The maximum atomic E-state index is 13.1. The number of anilines is 1. The van der Waals surface area contributed by atoms with Gasteiger partial charge in [0.1, 0.15) is 11.0 Å². The van der Waals surface area contributed by atoms with Gasteiger partial charge in [0, 0.05) is 5.56 Å². The second kappa shape index (κ2) is 5.67. The number of rotatable bonds is 2. The van der Waals surface area contributed by atoms with Gasteiger partial charge in [-0.2, -0.15) is 0 Å². The minimum absolute atomic E-state index is 0.283. The van der Waals surface area contributed by atoms with E-state index in [1.54, 1.807) is 19.1 Å². The third-order valence-electron chi connectivity index (χ3n) is 2.50. The lowest BCUT2D eigenvalue weighted by atomic mass is 10.1. The summed E-state index contributed by atoms with van der Waals surface area (Å²) in [5, 5.41) is 2.94. The number of aromatic nitrogens is 1. The summed E-state index contributed by atoms with van der Waals surface area (Å²) >= 11 is 8.97. The highest BCUT2D eigenvalue weighted by Gasteiger charge is 2.11. The first-order valence-corrected chi connectivity index (χ1v) is 6.53. The standard InChI is InChI=1S/C13H9BrClFN2O/c1-7-2-3-8(16)4-10(7)13(19)18-9-5-11(14)12(15)17-6-9/h2-6H,1H3,(H,18,19). The van der Waals surface area contributed by atoms with Crippen LogP contribution < -0.4 is 5.32 Å². The first-order chi connectivity index (χ1) is 8.97. The molecule has 1 aromatic heterocycles. The summed E-state index contributed by atoms with van der Waals surface area (Å²) in [6, 6.07) is 5.69. The average Bonchev–Trinajstić information content (AvgIpc) is 2.36. The number of pyridine rings is 1. The van der Waals surface area contributed by atoms with Crippen molar-refractivity contribution in [3.8, 4) is 0 Å². The number of carbonyl (C=O) groups excluding carboxylic acids is 1. The van der Waals surface area contributed by atoms with Gasteiger partial charge in [-0.3, -0.25) is 4.79 Å². The predicted molar refractivity (Wildman–Crippen MR) is 76.0 cm³/mol. The summed E-state index contributed by atoms with van der Waals surface area (Å²) in [5.74, 6) is -0.848. The van der Waals surface area contributed by atoms with Crippen molar-refractivity contribution in [2.75, 3.05) is 5.32 Å². The van der Waals surface area contributed by atoms with Gasteiger partial charge in [0.15, 0.2) is 0 Å². The van der Waals surface area contributed by atoms with Gasteiger partial charge in [-0.1, -0.05) is 17.7 Å². The van der Waals surface area contributed by atoms with E-state index in [-0.39, 0.29) is 5.56 Å². The molecule has 0 saturated carbocycles. The normalized spacial score (nSPS) is 10.3. The van der Waals surface area contributed by atoms with Crippen LogP contribution in [-0.2, 0) is 0 Å². The topological polar surface area (TPSA) is 42.0 Å². The Morgan fingerprint density at radius 1 is 1.42 bits per heavy atom. The fraction of sp³-hybridized carbons (Fsp3) is 0.0769. The number of hydrogen-bond acceptors (Lipinski definition) is 2. The lowest BCUT2D eigenvalue weighted by molar-refractivity contribution is 0.102. The van der Waals surface area contributed by atoms with Gasteiger partial charge in [-0.15, -0.1) is 0 Å². The SMILES string of the molecule is Cc1ccc(F)cc1C(=O)Nc1cnc(Cl)c(Br)c1. The van der Waals surface area contributed by atoms with Gasteiger partial charge in [-0.25, -0.2) is 9.37 Å². The van der Waals surface area contributed by atoms with Gasteiger partial charge in [-0.05, 0) is 46.6 Å². The molecule has 0 saturated heterocycles. The van der Waals surface area contributed by atoms with Crippen LogP contribution >= 0.6 is 27.5 Å². The van der Waals surface area contributed by atoms with Crippen molar-refractivity contribution in [3.63, 3.8) is 0 Å². The van der Waals surface area contributed by atoms with Crippen LogP contribution in [0.3, 0.4) is 0 Å². The monoisotopic (exact) mass is 342 g/mol. The molecule has 3 nitrogen and oxygen atoms in total. The minimum atomic E-state index is -0.453. The van der Waals surface area contributed by atoms with Crippen molar-refractivity contribution >= 4 is 39.1 Å². The van der Waals surface area contributed by atoms with Crippen molar-refractivity contribution < 1.29 is 9.18 Å². The van der Waals surface area contributed by atoms with Crippen LogP contribution in [0.5, 0.6) is 0 Å². The number of halogens is 3. The van der Waals surface area contributed by atoms with Crippen LogP contribution in [0.4, 0.5) is 10.1 Å². The highest BCUT2D eigenvalue weighted by molar-refractivity contribution is 9.10. The molecule has 19 heavy (non-hydrogen) atoms. The fourth-order valence-corrected chi connectivity index (χ4v) is 1.98. The molecule has 98 valence electrons. The lowest BCUT2D eigenvalue weighted by Gasteiger charge is -2.08. The van der Waals surface area contributed by atoms with Crippen molar-refractivity contribution in [3.05, 3.63) is 57.0 Å². The minimum Gasteiger partial charge on any atom is -0.321 e. The molecule has 0 aliphatic rings. The Bertz CT molecular complexity index is 649. The van der Waals surface area contributed by atoms with Crippen LogP contribution in [0, 0.1) is 12.7 Å². The summed E-state index contributed by atoms with van der Waals surface area (Å²) in [6.45, 7) is 1.74. The molecule has 1 aromatic carbocycles. The maximum Gasteiger partial charge on any atom is 0.256 e. The van der Waals surface area contributed by atoms with E-state index in [4.69, 9.17) is 11.6 Å². The molecule has 1 N–H and O–H groups in total. The summed E-state index contributed by atoms with van der Waals surface area (Å²) in [4.78, 5) is 15.9. The molecule has 0 radical (unpaired) electrons. The zero-order valence-corrected chi connectivity index (χ0v) is 12.2. The number of aryl methyl sites for hydroxylation is 1. The van der Waals surface area contributed by atoms with E-state index in [1.165, 1.54) is 18.3 Å². The average molecular weight is 344 g/mol. The molecule has 0 aliphatic heterocycles. The molecule has 0 spiro atoms. The summed E-state index contributed by atoms with van der Waals surface area (Å²) in [5.41, 5.74) is 1.45. The fourth-order valence-electron chi connectivity index (χ4n) is 1.53. The molecule has 1 amide bonds. The number of amides is 1. The molecule has 0 aliphatic carbocycles. The first-order valence-electron chi connectivity index (χ1n) is 5.36. The molecular weight excluding hydrogens is 335 g/mol. The van der Waals surface area contributed by atoms with Crippen LogP contribution in [0.2, 0.25) is 5.15 Å². The Labute approximate surface area is 122 Å². The second-order valence-corrected chi connectivity index (χ2v) is 5.12. The number of hydrogen-bond donors (Lipinski definition) is 1. The van der Waals surface area contributed by atoms with E-state index in [1.807, 2.05) is 0 Å². The molecule has 0 unspecified atom stereocenters. The van der Waals surface area contributed by atoms with E-state index in [0.717, 1.165) is 0 Å². The Balaban J connectivity index is 2.25. The number of carbonyl (C=O) groups is 1. The van der Waals surface area contributed by atoms with Crippen molar-refractivity contribution in [2.24, 2.45) is 0 Å².